The number of sulfonamides is 1. The third-order valence-corrected chi connectivity index (χ3v) is 7.72. The molecule has 1 aliphatic rings. The van der Waals surface area contributed by atoms with Crippen LogP contribution in [0.1, 0.15) is 5.56 Å². The summed E-state index contributed by atoms with van der Waals surface area (Å²) in [4.78, 5) is 37.4. The lowest BCUT2D eigenvalue weighted by molar-refractivity contribution is -0.385. The van der Waals surface area contributed by atoms with Crippen LogP contribution in [0.2, 0.25) is 5.02 Å². The summed E-state index contributed by atoms with van der Waals surface area (Å²) in [5.74, 6) is -1.07. The second kappa shape index (κ2) is 10.1. The van der Waals surface area contributed by atoms with Crippen molar-refractivity contribution in [1.29, 1.82) is 0 Å². The van der Waals surface area contributed by atoms with Gasteiger partial charge in [0, 0.05) is 16.7 Å². The third-order valence-electron chi connectivity index (χ3n) is 5.73. The molecule has 0 bridgehead atoms. The summed E-state index contributed by atoms with van der Waals surface area (Å²) >= 11 is 6.16. The molecular formula is C24H21ClN4O7S. The number of ether oxygens (including phenoxy) is 1. The molecule has 3 aromatic rings. The number of methoxy groups -OCH3 is 1. The molecule has 1 N–H and O–H groups in total. The number of aryl methyl sites for hydroxylation is 1. The number of halogens is 1. The van der Waals surface area contributed by atoms with Crippen molar-refractivity contribution in [3.63, 3.8) is 0 Å². The lowest BCUT2D eigenvalue weighted by Crippen LogP contribution is -2.48. The Morgan fingerprint density at radius 3 is 2.62 bits per heavy atom. The maximum Gasteiger partial charge on any atom is 0.273 e. The van der Waals surface area contributed by atoms with E-state index in [1.165, 1.54) is 49.3 Å². The Balaban J connectivity index is 1.84. The van der Waals surface area contributed by atoms with E-state index in [1.807, 2.05) is 0 Å². The van der Waals surface area contributed by atoms with Crippen molar-refractivity contribution in [2.24, 2.45) is 0 Å². The first-order valence-corrected chi connectivity index (χ1v) is 12.7. The molecule has 11 nitrogen and oxygen atoms in total. The first-order valence-electron chi connectivity index (χ1n) is 10.8. The molecule has 0 aliphatic carbocycles. The molecule has 0 fully saturated rings. The van der Waals surface area contributed by atoms with Gasteiger partial charge in [-0.25, -0.2) is 8.42 Å². The molecule has 4 rings (SSSR count). The predicted octanol–water partition coefficient (Wildman–Crippen LogP) is 3.75. The van der Waals surface area contributed by atoms with E-state index in [2.05, 4.69) is 5.32 Å². The highest BCUT2D eigenvalue weighted by molar-refractivity contribution is 7.92. The monoisotopic (exact) mass is 544 g/mol. The topological polar surface area (TPSA) is 139 Å². The second-order valence-electron chi connectivity index (χ2n) is 8.08. The Kier molecular flexibility index (Phi) is 7.05. The van der Waals surface area contributed by atoms with Crippen LogP contribution < -0.4 is 19.3 Å². The SMILES string of the molecule is COc1ccc(Cl)cc1N(CC(=O)N1CC(=O)Nc2ccccc21)S(=O)(=O)c1ccc(C)c([N+](=O)[O-])c1. The molecule has 0 saturated heterocycles. The Morgan fingerprint density at radius 1 is 1.19 bits per heavy atom. The first-order chi connectivity index (χ1) is 17.5. The summed E-state index contributed by atoms with van der Waals surface area (Å²) in [6, 6.07) is 14.3. The Morgan fingerprint density at radius 2 is 1.92 bits per heavy atom. The lowest BCUT2D eigenvalue weighted by atomic mass is 10.2. The van der Waals surface area contributed by atoms with Crippen LogP contribution >= 0.6 is 11.6 Å². The number of fused-ring (bicyclic) bond motifs is 1. The average molecular weight is 545 g/mol. The number of hydrogen-bond acceptors (Lipinski definition) is 7. The molecular weight excluding hydrogens is 524 g/mol. The van der Waals surface area contributed by atoms with Crippen LogP contribution in [0.5, 0.6) is 5.75 Å². The van der Waals surface area contributed by atoms with Crippen molar-refractivity contribution in [1.82, 2.24) is 0 Å². The van der Waals surface area contributed by atoms with Gasteiger partial charge < -0.3 is 10.1 Å². The molecule has 2 amide bonds. The quantitative estimate of drug-likeness (QED) is 0.353. The number of carbonyl (C=O) groups is 2. The number of rotatable bonds is 7. The number of nitro benzene ring substituents is 1. The van der Waals surface area contributed by atoms with E-state index in [4.69, 9.17) is 16.3 Å². The summed E-state index contributed by atoms with van der Waals surface area (Å²) in [7, 11) is -3.24. The summed E-state index contributed by atoms with van der Waals surface area (Å²) in [5, 5.41) is 14.3. The Bertz CT molecular complexity index is 1530. The van der Waals surface area contributed by atoms with Crippen LogP contribution in [-0.2, 0) is 19.6 Å². The number of anilines is 3. The van der Waals surface area contributed by atoms with Gasteiger partial charge in [0.1, 0.15) is 18.8 Å². The van der Waals surface area contributed by atoms with Gasteiger partial charge in [0.05, 0.1) is 34.0 Å². The zero-order valence-electron chi connectivity index (χ0n) is 19.7. The number of nitro groups is 1. The summed E-state index contributed by atoms with van der Waals surface area (Å²) in [6.45, 7) is 0.406. The van der Waals surface area contributed by atoms with Crippen molar-refractivity contribution in [2.75, 3.05) is 34.7 Å². The predicted molar refractivity (Wildman–Crippen MR) is 138 cm³/mol. The van der Waals surface area contributed by atoms with Crippen molar-refractivity contribution in [2.45, 2.75) is 11.8 Å². The maximum atomic E-state index is 13.9. The van der Waals surface area contributed by atoms with Crippen molar-refractivity contribution in [3.05, 3.63) is 81.4 Å². The van der Waals surface area contributed by atoms with E-state index in [-0.39, 0.29) is 28.6 Å². The van der Waals surface area contributed by atoms with Crippen LogP contribution in [0.4, 0.5) is 22.7 Å². The van der Waals surface area contributed by atoms with Gasteiger partial charge in [-0.3, -0.25) is 28.9 Å². The van der Waals surface area contributed by atoms with E-state index >= 15 is 0 Å². The number of hydrogen-bond donors (Lipinski definition) is 1. The molecule has 0 radical (unpaired) electrons. The van der Waals surface area contributed by atoms with Gasteiger partial charge in [0.25, 0.3) is 15.7 Å². The normalized spacial score (nSPS) is 12.9. The maximum absolute atomic E-state index is 13.9. The van der Waals surface area contributed by atoms with Gasteiger partial charge in [-0.15, -0.1) is 0 Å². The van der Waals surface area contributed by atoms with Crippen LogP contribution in [-0.4, -0.2) is 45.4 Å². The van der Waals surface area contributed by atoms with Crippen LogP contribution in [0, 0.1) is 17.0 Å². The minimum absolute atomic E-state index is 0.0543. The molecule has 1 aliphatic heterocycles. The first kappa shape index (κ1) is 25.9. The molecule has 0 spiro atoms. The summed E-state index contributed by atoms with van der Waals surface area (Å²) in [5.41, 5.74) is 0.612. The molecule has 0 aromatic heterocycles. The number of para-hydroxylation sites is 2. The van der Waals surface area contributed by atoms with Crippen LogP contribution in [0.25, 0.3) is 0 Å². The second-order valence-corrected chi connectivity index (χ2v) is 10.4. The number of nitrogens with zero attached hydrogens (tertiary/aromatic N) is 3. The minimum Gasteiger partial charge on any atom is -0.495 e. The smallest absolute Gasteiger partial charge is 0.273 e. The van der Waals surface area contributed by atoms with Crippen LogP contribution in [0.15, 0.2) is 65.6 Å². The molecule has 3 aromatic carbocycles. The number of carbonyl (C=O) groups excluding carboxylic acids is 2. The van der Waals surface area contributed by atoms with Gasteiger partial charge >= 0.3 is 0 Å². The molecule has 1 heterocycles. The lowest BCUT2D eigenvalue weighted by Gasteiger charge is -2.32. The fraction of sp³-hybridized carbons (Fsp3) is 0.167. The van der Waals surface area contributed by atoms with Crippen molar-refractivity contribution < 1.29 is 27.7 Å². The summed E-state index contributed by atoms with van der Waals surface area (Å²) < 4.78 is 33.9. The third kappa shape index (κ3) is 5.06. The van der Waals surface area contributed by atoms with E-state index in [9.17, 15) is 28.1 Å². The number of amides is 2. The molecule has 0 saturated carbocycles. The highest BCUT2D eigenvalue weighted by Crippen LogP contribution is 2.36. The molecule has 0 atom stereocenters. The largest absolute Gasteiger partial charge is 0.495 e. The van der Waals surface area contributed by atoms with Gasteiger partial charge in [-0.1, -0.05) is 29.8 Å². The average Bonchev–Trinajstić information content (AvgIpc) is 2.86. The van der Waals surface area contributed by atoms with E-state index in [1.54, 1.807) is 24.3 Å². The van der Waals surface area contributed by atoms with Crippen molar-refractivity contribution in [3.8, 4) is 5.75 Å². The Hall–Kier alpha value is -4.16. The standard InChI is InChI=1S/C24H21ClN4O7S/c1-15-7-9-17(12-20(15)29(32)33)37(34,35)28(21-11-16(25)8-10-22(21)36-2)14-24(31)27-13-23(30)26-18-5-3-4-6-19(18)27/h3-12H,13-14H2,1-2H3,(H,26,30). The minimum atomic E-state index is -4.56. The fourth-order valence-electron chi connectivity index (χ4n) is 3.90. The van der Waals surface area contributed by atoms with E-state index < -0.39 is 43.9 Å². The molecule has 192 valence electrons. The number of nitrogens with one attached hydrogen (secondary N) is 1. The molecule has 13 heteroatoms. The van der Waals surface area contributed by atoms with E-state index in [0.717, 1.165) is 10.4 Å². The molecule has 0 unspecified atom stereocenters. The van der Waals surface area contributed by atoms with Gasteiger partial charge in [0.2, 0.25) is 11.8 Å². The number of benzene rings is 3. The Labute approximate surface area is 217 Å². The highest BCUT2D eigenvalue weighted by atomic mass is 35.5. The van der Waals surface area contributed by atoms with E-state index in [0.29, 0.717) is 11.4 Å². The highest BCUT2D eigenvalue weighted by Gasteiger charge is 2.35. The summed E-state index contributed by atoms with van der Waals surface area (Å²) in [6.07, 6.45) is 0. The van der Waals surface area contributed by atoms with Crippen molar-refractivity contribution >= 4 is 56.2 Å². The van der Waals surface area contributed by atoms with Crippen LogP contribution in [0.3, 0.4) is 0 Å². The van der Waals surface area contributed by atoms with Gasteiger partial charge in [0.15, 0.2) is 0 Å². The zero-order chi connectivity index (χ0) is 26.9. The van der Waals surface area contributed by atoms with Gasteiger partial charge in [-0.2, -0.15) is 0 Å². The van der Waals surface area contributed by atoms with Gasteiger partial charge in [-0.05, 0) is 43.3 Å². The zero-order valence-corrected chi connectivity index (χ0v) is 21.2. The fourth-order valence-corrected chi connectivity index (χ4v) is 5.50. The molecule has 37 heavy (non-hydrogen) atoms.